The summed E-state index contributed by atoms with van der Waals surface area (Å²) < 4.78 is 0. The first-order chi connectivity index (χ1) is 8.48. The van der Waals surface area contributed by atoms with E-state index in [1.807, 2.05) is 13.0 Å². The zero-order valence-corrected chi connectivity index (χ0v) is 12.2. The van der Waals surface area contributed by atoms with Gasteiger partial charge in [-0.25, -0.2) is 9.97 Å². The lowest BCUT2D eigenvalue weighted by Crippen LogP contribution is -2.30. The fourth-order valence-electron chi connectivity index (χ4n) is 2.45. The highest BCUT2D eigenvalue weighted by atomic mass is 35.5. The predicted octanol–water partition coefficient (Wildman–Crippen LogP) is 4.07. The van der Waals surface area contributed by atoms with Crippen molar-refractivity contribution >= 4 is 17.4 Å². The Morgan fingerprint density at radius 2 is 2.00 bits per heavy atom. The van der Waals surface area contributed by atoms with Crippen molar-refractivity contribution in [1.29, 1.82) is 0 Å². The second-order valence-corrected chi connectivity index (χ2v) is 6.32. The highest BCUT2D eigenvalue weighted by Crippen LogP contribution is 2.36. The van der Waals surface area contributed by atoms with Crippen molar-refractivity contribution in [2.75, 3.05) is 5.32 Å². The van der Waals surface area contributed by atoms with Crippen molar-refractivity contribution in [3.05, 3.63) is 17.0 Å². The Morgan fingerprint density at radius 1 is 1.33 bits per heavy atom. The second-order valence-electron chi connectivity index (χ2n) is 5.93. The third-order valence-corrected chi connectivity index (χ3v) is 3.94. The first kappa shape index (κ1) is 13.6. The van der Waals surface area contributed by atoms with Gasteiger partial charge in [-0.3, -0.25) is 0 Å². The summed E-state index contributed by atoms with van der Waals surface area (Å²) in [5, 5.41) is 4.03. The summed E-state index contributed by atoms with van der Waals surface area (Å²) in [7, 11) is 0. The molecule has 0 atom stereocenters. The molecule has 1 saturated carbocycles. The Kier molecular flexibility index (Phi) is 4.10. The molecule has 1 aromatic rings. The molecule has 1 aliphatic carbocycles. The van der Waals surface area contributed by atoms with Gasteiger partial charge in [-0.15, -0.1) is 0 Å². The summed E-state index contributed by atoms with van der Waals surface area (Å²) in [6.07, 6.45) is 5.76. The molecular weight excluding hydrogens is 246 g/mol. The molecule has 0 aliphatic heterocycles. The molecule has 3 nitrogen and oxygen atoms in total. The van der Waals surface area contributed by atoms with Gasteiger partial charge in [-0.2, -0.15) is 0 Å². The Balaban J connectivity index is 2.00. The maximum atomic E-state index is 6.00. The summed E-state index contributed by atoms with van der Waals surface area (Å²) in [6.45, 7) is 6.73. The van der Waals surface area contributed by atoms with Crippen molar-refractivity contribution in [2.45, 2.75) is 58.9 Å². The molecule has 0 bridgehead atoms. The van der Waals surface area contributed by atoms with Crippen molar-refractivity contribution in [3.63, 3.8) is 0 Å². The Hall–Kier alpha value is -0.830. The van der Waals surface area contributed by atoms with Crippen LogP contribution < -0.4 is 5.32 Å². The van der Waals surface area contributed by atoms with Gasteiger partial charge in [-0.1, -0.05) is 32.4 Å². The highest BCUT2D eigenvalue weighted by Gasteiger charge is 2.26. The van der Waals surface area contributed by atoms with Crippen LogP contribution in [0.5, 0.6) is 0 Å². The molecule has 18 heavy (non-hydrogen) atoms. The number of rotatable bonds is 3. The molecule has 100 valence electrons. The number of aromatic nitrogens is 2. The molecule has 1 N–H and O–H groups in total. The minimum atomic E-state index is 0.496. The summed E-state index contributed by atoms with van der Waals surface area (Å²) in [5.74, 6) is 1.68. The average molecular weight is 268 g/mol. The Labute approximate surface area is 114 Å². The minimum absolute atomic E-state index is 0.496. The van der Waals surface area contributed by atoms with E-state index in [2.05, 4.69) is 29.1 Å². The van der Waals surface area contributed by atoms with Gasteiger partial charge >= 0.3 is 0 Å². The highest BCUT2D eigenvalue weighted by molar-refractivity contribution is 6.29. The van der Waals surface area contributed by atoms with Crippen LogP contribution in [0.15, 0.2) is 6.07 Å². The van der Waals surface area contributed by atoms with Crippen LogP contribution in [0, 0.1) is 5.41 Å². The summed E-state index contributed by atoms with van der Waals surface area (Å²) in [4.78, 5) is 8.66. The van der Waals surface area contributed by atoms with E-state index in [1.54, 1.807) is 0 Å². The van der Waals surface area contributed by atoms with Crippen LogP contribution >= 0.6 is 11.6 Å². The van der Waals surface area contributed by atoms with E-state index in [4.69, 9.17) is 11.6 Å². The lowest BCUT2D eigenvalue weighted by Gasteiger charge is -2.34. The van der Waals surface area contributed by atoms with Gasteiger partial charge in [-0.05, 0) is 31.1 Å². The van der Waals surface area contributed by atoms with Crippen LogP contribution in [0.2, 0.25) is 5.15 Å². The Bertz CT molecular complexity index is 408. The van der Waals surface area contributed by atoms with Gasteiger partial charge in [0, 0.05) is 18.5 Å². The Morgan fingerprint density at radius 3 is 2.61 bits per heavy atom. The van der Waals surface area contributed by atoms with E-state index in [1.165, 1.54) is 25.7 Å². The zero-order valence-electron chi connectivity index (χ0n) is 11.5. The molecule has 0 amide bonds. The van der Waals surface area contributed by atoms with Crippen molar-refractivity contribution in [2.24, 2.45) is 5.41 Å². The molecule has 0 unspecified atom stereocenters. The number of hydrogen-bond donors (Lipinski definition) is 1. The number of nitrogens with one attached hydrogen (secondary N) is 1. The molecule has 1 aliphatic rings. The third-order valence-electron chi connectivity index (χ3n) is 3.75. The first-order valence-electron chi connectivity index (χ1n) is 6.78. The van der Waals surface area contributed by atoms with Crippen molar-refractivity contribution in [1.82, 2.24) is 9.97 Å². The van der Waals surface area contributed by atoms with Crippen LogP contribution in [0.25, 0.3) is 0 Å². The second kappa shape index (κ2) is 5.43. The molecule has 0 aromatic carbocycles. The number of aryl methyl sites for hydroxylation is 1. The number of hydrogen-bond acceptors (Lipinski definition) is 3. The van der Waals surface area contributed by atoms with E-state index in [9.17, 15) is 0 Å². The minimum Gasteiger partial charge on any atom is -0.367 e. The lowest BCUT2D eigenvalue weighted by molar-refractivity contribution is 0.232. The standard InChI is InChI=1S/C14H22ClN3/c1-4-12-17-11(15)9-13(18-12)16-10-5-7-14(2,3)8-6-10/h9-10H,4-8H2,1-3H3,(H,16,17,18). The van der Waals surface area contributed by atoms with Gasteiger partial charge in [0.25, 0.3) is 0 Å². The largest absolute Gasteiger partial charge is 0.367 e. The van der Waals surface area contributed by atoms with Gasteiger partial charge in [0.15, 0.2) is 0 Å². The normalized spacial score (nSPS) is 19.8. The molecule has 1 fully saturated rings. The summed E-state index contributed by atoms with van der Waals surface area (Å²) >= 11 is 6.00. The van der Waals surface area contributed by atoms with Gasteiger partial charge in [0.1, 0.15) is 16.8 Å². The number of anilines is 1. The van der Waals surface area contributed by atoms with Crippen LogP contribution in [-0.4, -0.2) is 16.0 Å². The van der Waals surface area contributed by atoms with Gasteiger partial charge < -0.3 is 5.32 Å². The van der Waals surface area contributed by atoms with E-state index < -0.39 is 0 Å². The maximum Gasteiger partial charge on any atom is 0.134 e. The van der Waals surface area contributed by atoms with E-state index in [0.29, 0.717) is 16.6 Å². The monoisotopic (exact) mass is 267 g/mol. The van der Waals surface area contributed by atoms with Crippen LogP contribution in [-0.2, 0) is 6.42 Å². The van der Waals surface area contributed by atoms with E-state index in [0.717, 1.165) is 18.1 Å². The molecule has 0 radical (unpaired) electrons. The topological polar surface area (TPSA) is 37.8 Å². The molecule has 0 saturated heterocycles. The molecule has 1 aromatic heterocycles. The predicted molar refractivity (Wildman–Crippen MR) is 76.1 cm³/mol. The average Bonchev–Trinajstić information content (AvgIpc) is 2.31. The maximum absolute atomic E-state index is 6.00. The molecular formula is C14H22ClN3. The van der Waals surface area contributed by atoms with Crippen LogP contribution in [0.4, 0.5) is 5.82 Å². The smallest absolute Gasteiger partial charge is 0.134 e. The molecule has 0 spiro atoms. The summed E-state index contributed by atoms with van der Waals surface area (Å²) in [6, 6.07) is 2.34. The van der Waals surface area contributed by atoms with Crippen LogP contribution in [0.3, 0.4) is 0 Å². The molecule has 1 heterocycles. The van der Waals surface area contributed by atoms with Crippen LogP contribution in [0.1, 0.15) is 52.3 Å². The van der Waals surface area contributed by atoms with E-state index in [-0.39, 0.29) is 0 Å². The van der Waals surface area contributed by atoms with Crippen molar-refractivity contribution < 1.29 is 0 Å². The molecule has 4 heteroatoms. The SMILES string of the molecule is CCc1nc(Cl)cc(NC2CCC(C)(C)CC2)n1. The first-order valence-corrected chi connectivity index (χ1v) is 7.16. The van der Waals surface area contributed by atoms with Gasteiger partial charge in [0.05, 0.1) is 0 Å². The quantitative estimate of drug-likeness (QED) is 0.839. The van der Waals surface area contributed by atoms with Crippen molar-refractivity contribution in [3.8, 4) is 0 Å². The third kappa shape index (κ3) is 3.58. The van der Waals surface area contributed by atoms with Gasteiger partial charge in [0.2, 0.25) is 0 Å². The fraction of sp³-hybridized carbons (Fsp3) is 0.714. The molecule has 2 rings (SSSR count). The fourth-order valence-corrected chi connectivity index (χ4v) is 2.65. The number of halogens is 1. The zero-order chi connectivity index (χ0) is 13.2. The number of nitrogens with zero attached hydrogens (tertiary/aromatic N) is 2. The summed E-state index contributed by atoms with van der Waals surface area (Å²) in [5.41, 5.74) is 0.496. The van der Waals surface area contributed by atoms with E-state index >= 15 is 0 Å². The lowest BCUT2D eigenvalue weighted by atomic mass is 9.75.